The smallest absolute Gasteiger partial charge is 0.339 e. The Balaban J connectivity index is 2.48. The monoisotopic (exact) mass is 288 g/mol. The molecule has 1 N–H and O–H groups in total. The van der Waals surface area contributed by atoms with E-state index in [2.05, 4.69) is 0 Å². The molecule has 4 heteroatoms. The van der Waals surface area contributed by atoms with Gasteiger partial charge in [0, 0.05) is 10.9 Å². The van der Waals surface area contributed by atoms with Crippen molar-refractivity contribution in [2.75, 3.05) is 6.61 Å². The van der Waals surface area contributed by atoms with E-state index in [0.29, 0.717) is 29.1 Å². The van der Waals surface area contributed by atoms with Gasteiger partial charge in [-0.25, -0.2) is 4.79 Å². The number of ether oxygens (including phenoxy) is 1. The molecule has 0 atom stereocenters. The molecule has 0 aliphatic carbocycles. The molecule has 0 saturated heterocycles. The number of carboxylic acid groups (broad SMARTS) is 1. The van der Waals surface area contributed by atoms with E-state index in [9.17, 15) is 9.90 Å². The molecule has 21 heavy (non-hydrogen) atoms. The molecule has 2 aromatic rings. The van der Waals surface area contributed by atoms with E-state index in [0.717, 1.165) is 11.1 Å². The lowest BCUT2D eigenvalue weighted by molar-refractivity contribution is 0.0697. The summed E-state index contributed by atoms with van der Waals surface area (Å²) in [4.78, 5) is 11.4. The van der Waals surface area contributed by atoms with Crippen molar-refractivity contribution in [1.29, 1.82) is 0 Å². The maximum absolute atomic E-state index is 11.4. The van der Waals surface area contributed by atoms with Crippen LogP contribution in [0.1, 0.15) is 42.5 Å². The topological polar surface area (TPSA) is 59.7 Å². The van der Waals surface area contributed by atoms with Crippen molar-refractivity contribution in [3.63, 3.8) is 0 Å². The van der Waals surface area contributed by atoms with Gasteiger partial charge >= 0.3 is 5.97 Å². The molecule has 1 aromatic carbocycles. The Kier molecular flexibility index (Phi) is 4.07. The highest BCUT2D eigenvalue weighted by molar-refractivity contribution is 6.05. The Morgan fingerprint density at radius 2 is 1.90 bits per heavy atom. The molecular formula is C17H20O4. The van der Waals surface area contributed by atoms with E-state index in [1.807, 2.05) is 33.8 Å². The first-order valence-corrected chi connectivity index (χ1v) is 6.84. The van der Waals surface area contributed by atoms with Gasteiger partial charge in [0.2, 0.25) is 0 Å². The average molecular weight is 288 g/mol. The number of hydrogen-bond acceptors (Lipinski definition) is 3. The SMILES string of the molecule is CC(C)=C(C)COc1ccc2oc(C)c(C(=O)O)c2c1C. The van der Waals surface area contributed by atoms with Gasteiger partial charge < -0.3 is 14.3 Å². The predicted octanol–water partition coefficient (Wildman–Crippen LogP) is 4.48. The van der Waals surface area contributed by atoms with Crippen molar-refractivity contribution in [3.8, 4) is 5.75 Å². The van der Waals surface area contributed by atoms with Gasteiger partial charge in [-0.3, -0.25) is 0 Å². The van der Waals surface area contributed by atoms with Gasteiger partial charge in [0.05, 0.1) is 0 Å². The van der Waals surface area contributed by atoms with Gasteiger partial charge in [-0.1, -0.05) is 5.57 Å². The number of carbonyl (C=O) groups is 1. The Morgan fingerprint density at radius 1 is 1.24 bits per heavy atom. The summed E-state index contributed by atoms with van der Waals surface area (Å²) in [5.41, 5.74) is 3.97. The fourth-order valence-corrected chi connectivity index (χ4v) is 2.20. The standard InChI is InChI=1S/C17H20O4/c1-9(2)10(3)8-20-13-6-7-14-15(11(13)4)16(17(18)19)12(5)21-14/h6-7H,8H2,1-5H3,(H,18,19). The van der Waals surface area contributed by atoms with Crippen molar-refractivity contribution in [2.45, 2.75) is 34.6 Å². The first-order valence-electron chi connectivity index (χ1n) is 6.84. The van der Waals surface area contributed by atoms with Crippen LogP contribution in [-0.4, -0.2) is 17.7 Å². The van der Waals surface area contributed by atoms with Crippen LogP contribution in [0.3, 0.4) is 0 Å². The van der Waals surface area contributed by atoms with Crippen LogP contribution in [0.25, 0.3) is 11.0 Å². The lowest BCUT2D eigenvalue weighted by atomic mass is 10.0. The summed E-state index contributed by atoms with van der Waals surface area (Å²) in [7, 11) is 0. The number of allylic oxidation sites excluding steroid dienone is 1. The minimum Gasteiger partial charge on any atom is -0.489 e. The molecule has 0 bridgehead atoms. The molecule has 4 nitrogen and oxygen atoms in total. The summed E-state index contributed by atoms with van der Waals surface area (Å²) in [6, 6.07) is 3.58. The molecule has 1 heterocycles. The normalized spacial score (nSPS) is 10.7. The highest BCUT2D eigenvalue weighted by Crippen LogP contribution is 2.33. The number of rotatable bonds is 4. The zero-order valence-electron chi connectivity index (χ0n) is 13.0. The Bertz CT molecular complexity index is 731. The number of benzene rings is 1. The Labute approximate surface area is 124 Å². The number of carboxylic acids is 1. The molecule has 0 radical (unpaired) electrons. The number of hydrogen-bond donors (Lipinski definition) is 1. The lowest BCUT2D eigenvalue weighted by Gasteiger charge is -2.11. The van der Waals surface area contributed by atoms with Crippen molar-refractivity contribution < 1.29 is 19.1 Å². The molecule has 0 saturated carbocycles. The van der Waals surface area contributed by atoms with E-state index in [1.165, 1.54) is 5.57 Å². The molecular weight excluding hydrogens is 268 g/mol. The molecule has 0 fully saturated rings. The van der Waals surface area contributed by atoms with Gasteiger partial charge in [-0.2, -0.15) is 0 Å². The highest BCUT2D eigenvalue weighted by atomic mass is 16.5. The third-order valence-electron chi connectivity index (χ3n) is 3.75. The van der Waals surface area contributed by atoms with Gasteiger partial charge in [0.15, 0.2) is 0 Å². The van der Waals surface area contributed by atoms with Crippen LogP contribution < -0.4 is 4.74 Å². The van der Waals surface area contributed by atoms with Crippen LogP contribution in [-0.2, 0) is 0 Å². The summed E-state index contributed by atoms with van der Waals surface area (Å²) in [6.07, 6.45) is 0. The van der Waals surface area contributed by atoms with E-state index in [1.54, 1.807) is 13.0 Å². The Morgan fingerprint density at radius 3 is 2.48 bits per heavy atom. The van der Waals surface area contributed by atoms with E-state index in [-0.39, 0.29) is 5.56 Å². The lowest BCUT2D eigenvalue weighted by Crippen LogP contribution is -2.03. The van der Waals surface area contributed by atoms with E-state index < -0.39 is 5.97 Å². The highest BCUT2D eigenvalue weighted by Gasteiger charge is 2.20. The second-order valence-corrected chi connectivity index (χ2v) is 5.47. The van der Waals surface area contributed by atoms with Crippen molar-refractivity contribution >= 4 is 16.9 Å². The summed E-state index contributed by atoms with van der Waals surface area (Å²) in [5, 5.41) is 9.97. The molecule has 0 aliphatic heterocycles. The summed E-state index contributed by atoms with van der Waals surface area (Å²) < 4.78 is 11.3. The molecule has 2 rings (SSSR count). The van der Waals surface area contributed by atoms with Crippen molar-refractivity contribution in [1.82, 2.24) is 0 Å². The van der Waals surface area contributed by atoms with Gasteiger partial charge in [0.1, 0.15) is 29.3 Å². The second kappa shape index (κ2) is 5.64. The van der Waals surface area contributed by atoms with Crippen molar-refractivity contribution in [2.24, 2.45) is 0 Å². The number of aromatic carboxylic acids is 1. The zero-order valence-corrected chi connectivity index (χ0v) is 13.0. The maximum atomic E-state index is 11.4. The number of furan rings is 1. The zero-order chi connectivity index (χ0) is 15.7. The third kappa shape index (κ3) is 2.79. The average Bonchev–Trinajstić information content (AvgIpc) is 2.74. The quantitative estimate of drug-likeness (QED) is 0.842. The third-order valence-corrected chi connectivity index (χ3v) is 3.75. The molecule has 112 valence electrons. The van der Waals surface area contributed by atoms with Gasteiger partial charge in [-0.05, 0) is 52.3 Å². The molecule has 1 aromatic heterocycles. The number of fused-ring (bicyclic) bond motifs is 1. The minimum atomic E-state index is -0.980. The van der Waals surface area contributed by atoms with Crippen LogP contribution in [0.2, 0.25) is 0 Å². The fourth-order valence-electron chi connectivity index (χ4n) is 2.20. The molecule has 0 spiro atoms. The van der Waals surface area contributed by atoms with E-state index >= 15 is 0 Å². The largest absolute Gasteiger partial charge is 0.489 e. The fraction of sp³-hybridized carbons (Fsp3) is 0.353. The molecule has 0 amide bonds. The van der Waals surface area contributed by atoms with E-state index in [4.69, 9.17) is 9.15 Å². The van der Waals surface area contributed by atoms with Crippen LogP contribution in [0.5, 0.6) is 5.75 Å². The van der Waals surface area contributed by atoms with Gasteiger partial charge in [-0.15, -0.1) is 0 Å². The summed E-state index contributed by atoms with van der Waals surface area (Å²) in [5.74, 6) is 0.122. The summed E-state index contributed by atoms with van der Waals surface area (Å²) >= 11 is 0. The maximum Gasteiger partial charge on any atom is 0.339 e. The summed E-state index contributed by atoms with van der Waals surface area (Å²) in [6.45, 7) is 10.1. The van der Waals surface area contributed by atoms with Crippen LogP contribution in [0.4, 0.5) is 0 Å². The van der Waals surface area contributed by atoms with Crippen LogP contribution in [0, 0.1) is 13.8 Å². The minimum absolute atomic E-state index is 0.215. The molecule has 0 aliphatic rings. The van der Waals surface area contributed by atoms with Crippen molar-refractivity contribution in [3.05, 3.63) is 40.2 Å². The first-order chi connectivity index (χ1) is 9.82. The number of aryl methyl sites for hydroxylation is 2. The first kappa shape index (κ1) is 15.2. The van der Waals surface area contributed by atoms with Crippen LogP contribution in [0.15, 0.2) is 27.7 Å². The van der Waals surface area contributed by atoms with Gasteiger partial charge in [0.25, 0.3) is 0 Å². The van der Waals surface area contributed by atoms with Crippen LogP contribution >= 0.6 is 0 Å². The Hall–Kier alpha value is -2.23. The molecule has 0 unspecified atom stereocenters. The second-order valence-electron chi connectivity index (χ2n) is 5.47. The predicted molar refractivity (Wildman–Crippen MR) is 82.2 cm³/mol.